The molecule has 3 rings (SSSR count). The highest BCUT2D eigenvalue weighted by Crippen LogP contribution is 2.48. The van der Waals surface area contributed by atoms with Gasteiger partial charge in [-0.2, -0.15) is 0 Å². The van der Waals surface area contributed by atoms with Gasteiger partial charge < -0.3 is 5.11 Å². The molecule has 0 aliphatic carbocycles. The number of fused-ring (bicyclic) bond motifs is 1. The van der Waals surface area contributed by atoms with Crippen molar-refractivity contribution in [2.24, 2.45) is 4.99 Å². The fraction of sp³-hybridized carbons (Fsp3) is 0.682. The summed E-state index contributed by atoms with van der Waals surface area (Å²) < 4.78 is 33.7. The Balaban J connectivity index is 2.36. The van der Waals surface area contributed by atoms with Gasteiger partial charge >= 0.3 is 6.09 Å². The van der Waals surface area contributed by atoms with Crippen molar-refractivity contribution in [3.8, 4) is 0 Å². The van der Waals surface area contributed by atoms with Crippen molar-refractivity contribution in [2.75, 3.05) is 6.54 Å². The smallest absolute Gasteiger partial charge is 0.410 e. The molecule has 1 aromatic rings. The predicted molar refractivity (Wildman–Crippen MR) is 139 cm³/mol. The van der Waals surface area contributed by atoms with Crippen LogP contribution >= 0.6 is 15.9 Å². The van der Waals surface area contributed by atoms with Gasteiger partial charge in [-0.3, -0.25) is 19.2 Å². The second-order valence-corrected chi connectivity index (χ2v) is 19.2. The Bertz CT molecular complexity index is 1020. The molecule has 1 aromatic heterocycles. The molecule has 1 amide bonds. The number of thiol groups is 1. The van der Waals surface area contributed by atoms with Crippen LogP contribution in [0.25, 0.3) is 0 Å². The summed E-state index contributed by atoms with van der Waals surface area (Å²) in [5.41, 5.74) is -1.14. The minimum absolute atomic E-state index is 0.0826. The van der Waals surface area contributed by atoms with E-state index < -0.39 is 39.8 Å². The first-order valence-electron chi connectivity index (χ1n) is 11.6. The van der Waals surface area contributed by atoms with Gasteiger partial charge in [0.05, 0.1) is 18.1 Å². The molecule has 186 valence electrons. The number of hydrogen-bond donors (Lipinski definition) is 4. The average Bonchev–Trinajstić information content (AvgIpc) is 2.75. The van der Waals surface area contributed by atoms with Crippen molar-refractivity contribution >= 4 is 51.2 Å². The number of carbonyl (C=O) groups is 1. The summed E-state index contributed by atoms with van der Waals surface area (Å²) in [6, 6.07) is 4.50. The van der Waals surface area contributed by atoms with Crippen molar-refractivity contribution in [1.82, 2.24) is 15.0 Å². The topological polar surface area (TPSA) is 104 Å². The highest BCUT2D eigenvalue weighted by Gasteiger charge is 2.59. The highest BCUT2D eigenvalue weighted by atomic mass is 79.9. The number of amidine groups is 1. The molecule has 3 N–H and O–H groups in total. The van der Waals surface area contributed by atoms with Gasteiger partial charge in [-0.15, -0.1) is 0 Å². The lowest BCUT2D eigenvalue weighted by molar-refractivity contribution is 0.199. The highest BCUT2D eigenvalue weighted by molar-refractivity contribution is 9.10. The standard InChI is InChI=1S/C22H36BrFN4O3SSi/c1-7-33(8-2,9-3)14-13-16(23)26-18(17(14)24)22(6)15-11-10-12-25-32(15,31)21(4,5)19(28-22)27-20(29)30/h13,15,32H,7-12H2,1-6H3,(H,25,31)(H,27,28)(H,29,30)/t15-,22-/m0/s1. The number of nitrogens with one attached hydrogen (secondary N) is 2. The first-order valence-corrected chi connectivity index (χ1v) is 16.8. The molecular weight excluding hydrogens is 527 g/mol. The molecule has 2 aliphatic rings. The molecule has 2 aliphatic heterocycles. The van der Waals surface area contributed by atoms with Gasteiger partial charge in [0.2, 0.25) is 0 Å². The number of hydrogen-bond acceptors (Lipinski definition) is 4. The van der Waals surface area contributed by atoms with Gasteiger partial charge in [-0.05, 0) is 70.9 Å². The molecular formula is C22H36BrFN4O3SSi. The Hall–Kier alpha value is -1.17. The molecule has 1 saturated heterocycles. The molecule has 0 aromatic carbocycles. The second-order valence-electron chi connectivity index (χ2n) is 9.82. The average molecular weight is 564 g/mol. The van der Waals surface area contributed by atoms with Crippen molar-refractivity contribution in [2.45, 2.75) is 88.1 Å². The minimum Gasteiger partial charge on any atom is -0.465 e. The zero-order valence-electron chi connectivity index (χ0n) is 20.3. The third-order valence-electron chi connectivity index (χ3n) is 8.08. The number of carboxylic acid groups (broad SMARTS) is 1. The SMILES string of the molecule is CC[Si](CC)(CC)c1cc(Br)nc([C@@]2(C)N=C(NC(=O)O)C(C)(C)[SH]3(=O)NCCC[C@@H]23)c1F. The Morgan fingerprint density at radius 3 is 2.48 bits per heavy atom. The number of rotatable bonds is 5. The maximum atomic E-state index is 16.4. The van der Waals surface area contributed by atoms with E-state index in [0.29, 0.717) is 22.8 Å². The van der Waals surface area contributed by atoms with Crippen LogP contribution in [0.1, 0.15) is 60.1 Å². The summed E-state index contributed by atoms with van der Waals surface area (Å²) >= 11 is 3.50. The summed E-state index contributed by atoms with van der Waals surface area (Å²) in [4.78, 5) is 21.0. The lowest BCUT2D eigenvalue weighted by Crippen LogP contribution is -2.70. The van der Waals surface area contributed by atoms with E-state index in [4.69, 9.17) is 4.99 Å². The normalized spacial score (nSPS) is 27.3. The summed E-state index contributed by atoms with van der Waals surface area (Å²) in [5.74, 6) is -0.299. The van der Waals surface area contributed by atoms with Gasteiger partial charge in [0.1, 0.15) is 27.5 Å². The zero-order chi connectivity index (χ0) is 24.8. The Morgan fingerprint density at radius 1 is 1.33 bits per heavy atom. The maximum Gasteiger partial charge on any atom is 0.410 e. The third kappa shape index (κ3) is 4.02. The summed E-state index contributed by atoms with van der Waals surface area (Å²) in [5, 5.41) is 12.0. The zero-order valence-corrected chi connectivity index (χ0v) is 23.7. The van der Waals surface area contributed by atoms with Crippen LogP contribution in [0.3, 0.4) is 0 Å². The summed E-state index contributed by atoms with van der Waals surface area (Å²) in [7, 11) is -5.37. The van der Waals surface area contributed by atoms with Crippen LogP contribution in [0, 0.1) is 5.82 Å². The predicted octanol–water partition coefficient (Wildman–Crippen LogP) is 4.06. The van der Waals surface area contributed by atoms with E-state index in [0.717, 1.165) is 24.6 Å². The molecule has 0 saturated carbocycles. The quantitative estimate of drug-likeness (QED) is 0.247. The fourth-order valence-corrected chi connectivity index (χ4v) is 13.7. The van der Waals surface area contributed by atoms with Crippen LogP contribution in [0.15, 0.2) is 15.7 Å². The van der Waals surface area contributed by atoms with Crippen LogP contribution in [0.2, 0.25) is 18.1 Å². The van der Waals surface area contributed by atoms with Gasteiger partial charge in [-0.1, -0.05) is 38.9 Å². The van der Waals surface area contributed by atoms with Crippen molar-refractivity contribution in [3.05, 3.63) is 22.2 Å². The number of pyridine rings is 1. The Labute approximate surface area is 206 Å². The lowest BCUT2D eigenvalue weighted by Gasteiger charge is -2.56. The first kappa shape index (κ1) is 26.4. The number of aliphatic imine (C=N–C) groups is 1. The number of aromatic nitrogens is 1. The largest absolute Gasteiger partial charge is 0.465 e. The van der Waals surface area contributed by atoms with E-state index in [1.54, 1.807) is 26.8 Å². The van der Waals surface area contributed by atoms with Crippen LogP contribution in [-0.4, -0.2) is 50.8 Å². The summed E-state index contributed by atoms with van der Waals surface area (Å²) in [6.45, 7) is 12.1. The maximum absolute atomic E-state index is 16.4. The molecule has 0 bridgehead atoms. The molecule has 0 radical (unpaired) electrons. The third-order valence-corrected chi connectivity index (χ3v) is 18.3. The fourth-order valence-electron chi connectivity index (χ4n) is 5.69. The first-order chi connectivity index (χ1) is 15.3. The lowest BCUT2D eigenvalue weighted by atomic mass is 9.89. The molecule has 33 heavy (non-hydrogen) atoms. The van der Waals surface area contributed by atoms with Crippen LogP contribution in [-0.2, 0) is 15.7 Å². The van der Waals surface area contributed by atoms with Crippen molar-refractivity contribution in [3.63, 3.8) is 0 Å². The summed E-state index contributed by atoms with van der Waals surface area (Å²) in [6.07, 6.45) is 0.0796. The Kier molecular flexibility index (Phi) is 7.31. The van der Waals surface area contributed by atoms with E-state index >= 15 is 4.39 Å². The Morgan fingerprint density at radius 2 is 1.94 bits per heavy atom. The van der Waals surface area contributed by atoms with Gasteiger partial charge in [-0.25, -0.2) is 14.2 Å². The molecule has 1 fully saturated rings. The molecule has 0 spiro atoms. The van der Waals surface area contributed by atoms with Crippen LogP contribution < -0.4 is 15.2 Å². The van der Waals surface area contributed by atoms with E-state index in [1.165, 1.54) is 0 Å². The van der Waals surface area contributed by atoms with Crippen LogP contribution in [0.5, 0.6) is 0 Å². The van der Waals surface area contributed by atoms with Gasteiger partial charge in [0.15, 0.2) is 0 Å². The molecule has 7 nitrogen and oxygen atoms in total. The minimum atomic E-state index is -3.25. The van der Waals surface area contributed by atoms with Gasteiger partial charge in [0.25, 0.3) is 0 Å². The molecule has 3 heterocycles. The second kappa shape index (κ2) is 9.12. The van der Waals surface area contributed by atoms with Crippen molar-refractivity contribution < 1.29 is 18.5 Å². The monoisotopic (exact) mass is 562 g/mol. The van der Waals surface area contributed by atoms with Crippen molar-refractivity contribution in [1.29, 1.82) is 0 Å². The molecule has 11 heteroatoms. The van der Waals surface area contributed by atoms with E-state index in [-0.39, 0.29) is 17.3 Å². The molecule has 0 unspecified atom stereocenters. The van der Waals surface area contributed by atoms with Crippen LogP contribution in [0.4, 0.5) is 9.18 Å². The molecule has 2 atom stereocenters. The number of halogens is 2. The van der Waals surface area contributed by atoms with Gasteiger partial charge in [0, 0.05) is 6.54 Å². The number of nitrogens with zero attached hydrogens (tertiary/aromatic N) is 2. The number of amides is 1. The van der Waals surface area contributed by atoms with E-state index in [9.17, 15) is 14.1 Å². The van der Waals surface area contributed by atoms with E-state index in [2.05, 4.69) is 51.7 Å². The van der Waals surface area contributed by atoms with E-state index in [1.807, 2.05) is 0 Å².